The van der Waals surface area contributed by atoms with Gasteiger partial charge in [0.2, 0.25) is 0 Å². The Morgan fingerprint density at radius 3 is 2.54 bits per heavy atom. The molecule has 1 saturated heterocycles. The number of pyridine rings is 2. The number of nitriles is 1. The molecule has 2 aliphatic rings. The van der Waals surface area contributed by atoms with Gasteiger partial charge in [-0.25, -0.2) is 14.4 Å². The number of rotatable bonds is 14. The number of benzene rings is 1. The number of anilines is 2. The lowest BCUT2D eigenvalue weighted by molar-refractivity contribution is 0.0455. The Morgan fingerprint density at radius 1 is 1.04 bits per heavy atom. The highest BCUT2D eigenvalue weighted by Gasteiger charge is 2.32. The average Bonchev–Trinajstić information content (AvgIpc) is 3.09. The van der Waals surface area contributed by atoms with Gasteiger partial charge in [0.15, 0.2) is 0 Å². The summed E-state index contributed by atoms with van der Waals surface area (Å²) in [6.45, 7) is 3.82. The molecule has 5 rings (SSSR count). The van der Waals surface area contributed by atoms with E-state index in [9.17, 15) is 14.4 Å². The molecule has 1 aliphatic heterocycles. The van der Waals surface area contributed by atoms with Crippen LogP contribution < -0.4 is 21.3 Å². The molecule has 2 fully saturated rings. The van der Waals surface area contributed by atoms with Gasteiger partial charge in [-0.3, -0.25) is 4.79 Å². The minimum absolute atomic E-state index is 0.243. The largest absolute Gasteiger partial charge is 0.381 e. The average molecular weight is 650 g/mol. The van der Waals surface area contributed by atoms with Gasteiger partial charge in [0.05, 0.1) is 35.4 Å². The predicted molar refractivity (Wildman–Crippen MR) is 176 cm³/mol. The zero-order chi connectivity index (χ0) is 32.2. The van der Waals surface area contributed by atoms with Crippen LogP contribution in [0, 0.1) is 22.6 Å². The molecule has 46 heavy (non-hydrogen) atoms. The van der Waals surface area contributed by atoms with Crippen molar-refractivity contribution in [3.05, 3.63) is 71.1 Å². The van der Waals surface area contributed by atoms with Gasteiger partial charge in [-0.15, -0.1) is 0 Å². The van der Waals surface area contributed by atoms with E-state index in [0.29, 0.717) is 80.8 Å². The SMILES string of the molecule is N#CC1(CNc2cccc(-c3cc(NC4CCC(NCCOCCNC(=O)c5ccc(F)cc5)CC4)ncc3Cl)n2)CCOCC1. The van der Waals surface area contributed by atoms with Gasteiger partial charge < -0.3 is 30.7 Å². The second kappa shape index (κ2) is 16.7. The van der Waals surface area contributed by atoms with Crippen molar-refractivity contribution in [2.24, 2.45) is 5.41 Å². The lowest BCUT2D eigenvalue weighted by Crippen LogP contribution is -2.38. The minimum Gasteiger partial charge on any atom is -0.381 e. The number of carbonyl (C=O) groups excluding carboxylic acids is 1. The first-order valence-corrected chi connectivity index (χ1v) is 16.3. The molecule has 0 atom stereocenters. The van der Waals surface area contributed by atoms with E-state index in [4.69, 9.17) is 26.1 Å². The van der Waals surface area contributed by atoms with Crippen molar-refractivity contribution < 1.29 is 18.7 Å². The van der Waals surface area contributed by atoms with Gasteiger partial charge >= 0.3 is 0 Å². The summed E-state index contributed by atoms with van der Waals surface area (Å²) in [5.74, 6) is 0.854. The molecular weight excluding hydrogens is 609 g/mol. The predicted octanol–water partition coefficient (Wildman–Crippen LogP) is 5.43. The van der Waals surface area contributed by atoms with E-state index in [0.717, 1.165) is 49.3 Å². The summed E-state index contributed by atoms with van der Waals surface area (Å²) in [4.78, 5) is 21.4. The Balaban J connectivity index is 1.01. The fourth-order valence-electron chi connectivity index (χ4n) is 5.78. The third-order valence-corrected chi connectivity index (χ3v) is 8.87. The summed E-state index contributed by atoms with van der Waals surface area (Å²) in [6.07, 6.45) is 7.17. The number of hydrogen-bond acceptors (Lipinski definition) is 9. The molecule has 12 heteroatoms. The highest BCUT2D eigenvalue weighted by molar-refractivity contribution is 6.33. The van der Waals surface area contributed by atoms with Crippen LogP contribution in [-0.4, -0.2) is 74.0 Å². The number of aromatic nitrogens is 2. The molecule has 1 aromatic carbocycles. The molecule has 1 saturated carbocycles. The Morgan fingerprint density at radius 2 is 1.78 bits per heavy atom. The number of amides is 1. The second-order valence-corrected chi connectivity index (χ2v) is 12.2. The molecule has 3 aromatic rings. The van der Waals surface area contributed by atoms with E-state index < -0.39 is 5.41 Å². The summed E-state index contributed by atoms with van der Waals surface area (Å²) in [5, 5.41) is 23.6. The van der Waals surface area contributed by atoms with E-state index in [-0.39, 0.29) is 11.7 Å². The van der Waals surface area contributed by atoms with E-state index in [1.165, 1.54) is 24.3 Å². The lowest BCUT2D eigenvalue weighted by Gasteiger charge is -2.30. The molecule has 0 spiro atoms. The maximum Gasteiger partial charge on any atom is 0.251 e. The smallest absolute Gasteiger partial charge is 0.251 e. The molecule has 0 unspecified atom stereocenters. The molecule has 0 radical (unpaired) electrons. The van der Waals surface area contributed by atoms with Crippen LogP contribution in [0.1, 0.15) is 48.9 Å². The first kappa shape index (κ1) is 33.5. The first-order chi connectivity index (χ1) is 22.4. The standard InChI is InChI=1S/C34H41ClFN7O3/c35-29-21-40-32(20-28(29)30-2-1-3-31(43-30)41-23-34(22-37)12-16-45-17-13-34)42-27-10-8-26(9-11-27)38-14-18-46-19-15-39-33(44)24-4-6-25(36)7-5-24/h1-7,20-21,26-27,38H,8-19,23H2,(H,39,44)(H,40,42)(H,41,43). The van der Waals surface area contributed by atoms with Crippen molar-refractivity contribution in [2.75, 3.05) is 56.7 Å². The van der Waals surface area contributed by atoms with Gasteiger partial charge in [-0.05, 0) is 81.0 Å². The fourth-order valence-corrected chi connectivity index (χ4v) is 5.98. The van der Waals surface area contributed by atoms with Gasteiger partial charge in [-0.2, -0.15) is 5.26 Å². The highest BCUT2D eigenvalue weighted by Crippen LogP contribution is 2.32. The number of carbonyl (C=O) groups is 1. The van der Waals surface area contributed by atoms with Gasteiger partial charge in [0, 0.05) is 62.3 Å². The quantitative estimate of drug-likeness (QED) is 0.169. The maximum atomic E-state index is 13.0. The molecule has 1 amide bonds. The number of ether oxygens (including phenoxy) is 2. The number of nitrogens with one attached hydrogen (secondary N) is 4. The van der Waals surface area contributed by atoms with Crippen LogP contribution in [-0.2, 0) is 9.47 Å². The van der Waals surface area contributed by atoms with Crippen molar-refractivity contribution >= 4 is 29.1 Å². The number of halogens is 2. The van der Waals surface area contributed by atoms with Crippen molar-refractivity contribution in [2.45, 2.75) is 50.6 Å². The molecule has 4 N–H and O–H groups in total. The van der Waals surface area contributed by atoms with Crippen molar-refractivity contribution in [1.82, 2.24) is 20.6 Å². The van der Waals surface area contributed by atoms with Crippen molar-refractivity contribution in [3.63, 3.8) is 0 Å². The summed E-state index contributed by atoms with van der Waals surface area (Å²) in [7, 11) is 0. The molecule has 1 aliphatic carbocycles. The summed E-state index contributed by atoms with van der Waals surface area (Å²) >= 11 is 6.56. The van der Waals surface area contributed by atoms with Crippen LogP contribution in [0.15, 0.2) is 54.7 Å². The summed E-state index contributed by atoms with van der Waals surface area (Å²) in [5.41, 5.74) is 1.52. The van der Waals surface area contributed by atoms with E-state index in [1.54, 1.807) is 6.20 Å². The molecule has 2 aromatic heterocycles. The lowest BCUT2D eigenvalue weighted by atomic mass is 9.82. The van der Waals surface area contributed by atoms with Crippen LogP contribution in [0.3, 0.4) is 0 Å². The zero-order valence-electron chi connectivity index (χ0n) is 25.9. The van der Waals surface area contributed by atoms with Crippen LogP contribution in [0.25, 0.3) is 11.3 Å². The number of hydrogen-bond donors (Lipinski definition) is 4. The summed E-state index contributed by atoms with van der Waals surface area (Å²) in [6, 6.07) is 16.4. The van der Waals surface area contributed by atoms with Crippen LogP contribution in [0.5, 0.6) is 0 Å². The topological polar surface area (TPSA) is 133 Å². The Labute approximate surface area is 274 Å². The van der Waals surface area contributed by atoms with Crippen molar-refractivity contribution in [1.29, 1.82) is 5.26 Å². The Hall–Kier alpha value is -3.82. The first-order valence-electron chi connectivity index (χ1n) is 15.9. The van der Waals surface area contributed by atoms with Crippen molar-refractivity contribution in [3.8, 4) is 17.3 Å². The number of nitrogens with zero attached hydrogens (tertiary/aromatic N) is 3. The third kappa shape index (κ3) is 9.59. The van der Waals surface area contributed by atoms with Gasteiger partial charge in [-0.1, -0.05) is 17.7 Å². The van der Waals surface area contributed by atoms with E-state index in [2.05, 4.69) is 32.3 Å². The van der Waals surface area contributed by atoms with E-state index in [1.807, 2.05) is 24.3 Å². The van der Waals surface area contributed by atoms with Crippen LogP contribution in [0.2, 0.25) is 5.02 Å². The monoisotopic (exact) mass is 649 g/mol. The molecular formula is C34H41ClFN7O3. The van der Waals surface area contributed by atoms with Crippen LogP contribution in [0.4, 0.5) is 16.0 Å². The normalized spacial score (nSPS) is 19.2. The zero-order valence-corrected chi connectivity index (χ0v) is 26.6. The Bertz CT molecular complexity index is 1470. The third-order valence-electron chi connectivity index (χ3n) is 8.57. The van der Waals surface area contributed by atoms with Crippen LogP contribution >= 0.6 is 11.6 Å². The minimum atomic E-state index is -0.446. The Kier molecular flexibility index (Phi) is 12.1. The van der Waals surface area contributed by atoms with Gasteiger partial charge in [0.25, 0.3) is 5.91 Å². The fraction of sp³-hybridized carbons (Fsp3) is 0.471. The van der Waals surface area contributed by atoms with Gasteiger partial charge in [0.1, 0.15) is 17.5 Å². The van der Waals surface area contributed by atoms with E-state index >= 15 is 0 Å². The second-order valence-electron chi connectivity index (χ2n) is 11.8. The highest BCUT2D eigenvalue weighted by atomic mass is 35.5. The maximum absolute atomic E-state index is 13.0. The molecule has 244 valence electrons. The molecule has 10 nitrogen and oxygen atoms in total. The molecule has 0 bridgehead atoms. The summed E-state index contributed by atoms with van der Waals surface area (Å²) < 4.78 is 24.1. The molecule has 3 heterocycles.